The average Bonchev–Trinajstić information content (AvgIpc) is 2.56. The summed E-state index contributed by atoms with van der Waals surface area (Å²) in [6.07, 6.45) is -0.0229. The Morgan fingerprint density at radius 2 is 1.13 bits per heavy atom. The van der Waals surface area contributed by atoms with Crippen molar-refractivity contribution in [1.82, 2.24) is 0 Å². The van der Waals surface area contributed by atoms with E-state index in [2.05, 4.69) is 9.26 Å². The van der Waals surface area contributed by atoms with E-state index in [-0.39, 0.29) is 32.8 Å². The van der Waals surface area contributed by atoms with Gasteiger partial charge in [-0.25, -0.2) is 0 Å². The van der Waals surface area contributed by atoms with Crippen LogP contribution in [0.25, 0.3) is 0 Å². The fourth-order valence-electron chi connectivity index (χ4n) is 1.27. The molecule has 136 valence electrons. The second-order valence-corrected chi connectivity index (χ2v) is 4.32. The van der Waals surface area contributed by atoms with Crippen LogP contribution in [0.2, 0.25) is 0 Å². The first-order valence-electron chi connectivity index (χ1n) is 7.17. The van der Waals surface area contributed by atoms with Gasteiger partial charge in [0.25, 0.3) is 0 Å². The SMILES string of the molecule is O=C(CCC(=O)OCCOCCOCCOCCOCO)OP. The normalized spacial score (nSPS) is 10.5. The third kappa shape index (κ3) is 17.4. The topological polar surface area (TPSA) is 110 Å². The lowest BCUT2D eigenvalue weighted by atomic mass is 10.3. The highest BCUT2D eigenvalue weighted by Gasteiger charge is 2.07. The maximum Gasteiger partial charge on any atom is 0.308 e. The van der Waals surface area contributed by atoms with Gasteiger partial charge in [-0.05, 0) is 0 Å². The van der Waals surface area contributed by atoms with Gasteiger partial charge in [-0.1, -0.05) is 0 Å². The predicted octanol–water partition coefficient (Wildman–Crippen LogP) is -0.341. The molecule has 0 aromatic carbocycles. The molecular weight excluding hydrogens is 331 g/mol. The minimum atomic E-state index is -0.481. The Kier molecular flexibility index (Phi) is 16.9. The van der Waals surface area contributed by atoms with E-state index in [4.69, 9.17) is 24.1 Å². The highest BCUT2D eigenvalue weighted by molar-refractivity contribution is 7.10. The van der Waals surface area contributed by atoms with Crippen molar-refractivity contribution in [2.45, 2.75) is 12.8 Å². The van der Waals surface area contributed by atoms with Gasteiger partial charge in [-0.15, -0.1) is 0 Å². The summed E-state index contributed by atoms with van der Waals surface area (Å²) in [6.45, 7) is 2.48. The number of ether oxygens (including phenoxy) is 5. The molecule has 23 heavy (non-hydrogen) atoms. The van der Waals surface area contributed by atoms with E-state index >= 15 is 0 Å². The number of aliphatic hydroxyl groups is 1. The quantitative estimate of drug-likeness (QED) is 0.172. The van der Waals surface area contributed by atoms with E-state index in [1.54, 1.807) is 0 Å². The van der Waals surface area contributed by atoms with Crippen LogP contribution >= 0.6 is 9.47 Å². The molecule has 0 aliphatic rings. The van der Waals surface area contributed by atoms with Crippen molar-refractivity contribution in [3.8, 4) is 0 Å². The molecule has 0 heterocycles. The van der Waals surface area contributed by atoms with Gasteiger partial charge < -0.3 is 33.3 Å². The molecule has 0 aliphatic heterocycles. The van der Waals surface area contributed by atoms with E-state index in [1.165, 1.54) is 0 Å². The molecule has 1 unspecified atom stereocenters. The van der Waals surface area contributed by atoms with Gasteiger partial charge in [0.05, 0.1) is 68.6 Å². The van der Waals surface area contributed by atoms with Crippen LogP contribution in [0.5, 0.6) is 0 Å². The smallest absolute Gasteiger partial charge is 0.308 e. The second kappa shape index (κ2) is 17.5. The van der Waals surface area contributed by atoms with Crippen molar-refractivity contribution in [3.63, 3.8) is 0 Å². The summed E-state index contributed by atoms with van der Waals surface area (Å²) in [4.78, 5) is 22.0. The Balaban J connectivity index is 3.15. The van der Waals surface area contributed by atoms with Crippen LogP contribution in [0.15, 0.2) is 0 Å². The molecule has 10 heteroatoms. The van der Waals surface area contributed by atoms with Gasteiger partial charge in [0.15, 0.2) is 0 Å². The molecule has 0 radical (unpaired) electrons. The summed E-state index contributed by atoms with van der Waals surface area (Å²) in [5.74, 6) is -0.951. The van der Waals surface area contributed by atoms with Crippen LogP contribution in [0.3, 0.4) is 0 Å². The molecule has 0 aliphatic carbocycles. The molecule has 0 saturated heterocycles. The lowest BCUT2D eigenvalue weighted by Crippen LogP contribution is -2.15. The zero-order valence-electron chi connectivity index (χ0n) is 13.1. The van der Waals surface area contributed by atoms with Crippen LogP contribution < -0.4 is 0 Å². The van der Waals surface area contributed by atoms with Gasteiger partial charge in [0.2, 0.25) is 0 Å². The van der Waals surface area contributed by atoms with Crippen LogP contribution in [-0.4, -0.2) is 76.7 Å². The molecule has 9 nitrogen and oxygen atoms in total. The maximum absolute atomic E-state index is 11.2. The molecule has 0 amide bonds. The second-order valence-electron chi connectivity index (χ2n) is 4.08. The summed E-state index contributed by atoms with van der Waals surface area (Å²) in [5.41, 5.74) is 0. The zero-order chi connectivity index (χ0) is 17.2. The lowest BCUT2D eigenvalue weighted by Gasteiger charge is -2.07. The first-order valence-corrected chi connectivity index (χ1v) is 7.65. The van der Waals surface area contributed by atoms with Crippen LogP contribution in [-0.2, 0) is 37.8 Å². The molecule has 0 fully saturated rings. The van der Waals surface area contributed by atoms with Crippen molar-refractivity contribution in [3.05, 3.63) is 0 Å². The molecule has 0 bridgehead atoms. The number of rotatable bonds is 16. The Morgan fingerprint density at radius 3 is 1.61 bits per heavy atom. The standard InChI is InChI=1S/C13H25O9P/c14-11-20-8-7-18-4-3-17-5-6-19-9-10-21-12(15)1-2-13(16)22-23/h14H,1-11,23H2. The Hall–Kier alpha value is -0.830. The minimum Gasteiger partial charge on any atom is -0.463 e. The Labute approximate surface area is 137 Å². The molecule has 0 saturated carbocycles. The molecule has 0 aromatic rings. The van der Waals surface area contributed by atoms with E-state index in [0.29, 0.717) is 39.6 Å². The van der Waals surface area contributed by atoms with E-state index < -0.39 is 11.9 Å². The zero-order valence-corrected chi connectivity index (χ0v) is 14.2. The minimum absolute atomic E-state index is 0.00870. The van der Waals surface area contributed by atoms with E-state index in [0.717, 1.165) is 0 Å². The van der Waals surface area contributed by atoms with Crippen molar-refractivity contribution >= 4 is 21.4 Å². The lowest BCUT2D eigenvalue weighted by molar-refractivity contribution is -0.148. The van der Waals surface area contributed by atoms with Crippen molar-refractivity contribution in [2.75, 3.05) is 59.6 Å². The largest absolute Gasteiger partial charge is 0.463 e. The maximum atomic E-state index is 11.2. The number of aliphatic hydroxyl groups excluding tert-OH is 1. The summed E-state index contributed by atoms with van der Waals surface area (Å²) in [5, 5.41) is 8.35. The predicted molar refractivity (Wildman–Crippen MR) is 81.5 cm³/mol. The molecule has 1 N–H and O–H groups in total. The summed E-state index contributed by atoms with van der Waals surface area (Å²) in [7, 11) is 1.83. The van der Waals surface area contributed by atoms with Gasteiger partial charge in [0, 0.05) is 0 Å². The van der Waals surface area contributed by atoms with Crippen molar-refractivity contribution in [2.24, 2.45) is 0 Å². The van der Waals surface area contributed by atoms with Gasteiger partial charge in [-0.2, -0.15) is 0 Å². The Morgan fingerprint density at radius 1 is 0.696 bits per heavy atom. The third-order valence-electron chi connectivity index (χ3n) is 2.36. The highest BCUT2D eigenvalue weighted by atomic mass is 31.0. The summed E-state index contributed by atoms with van der Waals surface area (Å²) < 4.78 is 29.5. The number of carbonyl (C=O) groups is 2. The number of esters is 1. The van der Waals surface area contributed by atoms with E-state index in [1.807, 2.05) is 9.47 Å². The third-order valence-corrected chi connectivity index (χ3v) is 2.63. The molecular formula is C13H25O9P. The first-order chi connectivity index (χ1) is 11.2. The Bertz CT molecular complexity index is 301. The summed E-state index contributed by atoms with van der Waals surface area (Å²) in [6, 6.07) is 0. The van der Waals surface area contributed by atoms with Crippen molar-refractivity contribution < 1.29 is 42.9 Å². The molecule has 0 aromatic heterocycles. The van der Waals surface area contributed by atoms with Crippen LogP contribution in [0.1, 0.15) is 12.8 Å². The van der Waals surface area contributed by atoms with Gasteiger partial charge >= 0.3 is 11.9 Å². The molecule has 0 rings (SSSR count). The first kappa shape index (κ1) is 22.2. The van der Waals surface area contributed by atoms with Crippen LogP contribution in [0.4, 0.5) is 0 Å². The fraction of sp³-hybridized carbons (Fsp3) is 0.846. The highest BCUT2D eigenvalue weighted by Crippen LogP contribution is 1.98. The summed E-state index contributed by atoms with van der Waals surface area (Å²) >= 11 is 0. The monoisotopic (exact) mass is 356 g/mol. The number of hydrogen-bond donors (Lipinski definition) is 1. The number of hydrogen-bond acceptors (Lipinski definition) is 9. The average molecular weight is 356 g/mol. The van der Waals surface area contributed by atoms with Gasteiger partial charge in [-0.3, -0.25) is 9.59 Å². The molecule has 1 atom stereocenters. The fourth-order valence-corrected chi connectivity index (χ4v) is 1.39. The van der Waals surface area contributed by atoms with Gasteiger partial charge in [0.1, 0.15) is 13.4 Å². The number of carbonyl (C=O) groups excluding carboxylic acids is 2. The molecule has 0 spiro atoms. The van der Waals surface area contributed by atoms with Crippen molar-refractivity contribution in [1.29, 1.82) is 0 Å². The van der Waals surface area contributed by atoms with E-state index in [9.17, 15) is 9.59 Å². The van der Waals surface area contributed by atoms with Crippen LogP contribution in [0, 0.1) is 0 Å².